The van der Waals surface area contributed by atoms with E-state index in [0.29, 0.717) is 13.0 Å². The maximum Gasteiger partial charge on any atom is 0.228 e. The Bertz CT molecular complexity index is 761. The average molecular weight is 317 g/mol. The van der Waals surface area contributed by atoms with E-state index in [1.165, 1.54) is 0 Å². The van der Waals surface area contributed by atoms with Crippen molar-refractivity contribution < 1.29 is 4.79 Å². The molecule has 2 heterocycles. The Morgan fingerprint density at radius 1 is 0.917 bits per heavy atom. The minimum absolute atomic E-state index is 0.00339. The van der Waals surface area contributed by atoms with Gasteiger partial charge in [-0.05, 0) is 35.4 Å². The summed E-state index contributed by atoms with van der Waals surface area (Å²) < 4.78 is 0. The number of pyridine rings is 2. The van der Waals surface area contributed by atoms with Crippen LogP contribution in [0.25, 0.3) is 0 Å². The normalized spacial score (nSPS) is 11.7. The second-order valence-electron chi connectivity index (χ2n) is 5.56. The lowest BCUT2D eigenvalue weighted by Crippen LogP contribution is -2.30. The van der Waals surface area contributed by atoms with Gasteiger partial charge in [0.05, 0.1) is 5.92 Å². The van der Waals surface area contributed by atoms with Crippen LogP contribution in [0.1, 0.15) is 22.7 Å². The first-order chi connectivity index (χ1) is 11.8. The number of aromatic nitrogens is 2. The molecule has 4 nitrogen and oxygen atoms in total. The minimum atomic E-state index is -0.261. The van der Waals surface area contributed by atoms with Gasteiger partial charge in [0.15, 0.2) is 0 Å². The first-order valence-corrected chi connectivity index (χ1v) is 7.94. The summed E-state index contributed by atoms with van der Waals surface area (Å²) in [5.41, 5.74) is 2.93. The topological polar surface area (TPSA) is 54.9 Å². The molecule has 1 aromatic carbocycles. The van der Waals surface area contributed by atoms with Crippen LogP contribution < -0.4 is 5.32 Å². The summed E-state index contributed by atoms with van der Waals surface area (Å²) in [4.78, 5) is 21.1. The number of nitrogens with zero attached hydrogens (tertiary/aromatic N) is 2. The molecule has 0 fully saturated rings. The molecule has 0 saturated carbocycles. The van der Waals surface area contributed by atoms with E-state index in [1.54, 1.807) is 18.6 Å². The van der Waals surface area contributed by atoms with Gasteiger partial charge in [0.1, 0.15) is 0 Å². The van der Waals surface area contributed by atoms with E-state index in [1.807, 2.05) is 60.7 Å². The van der Waals surface area contributed by atoms with Crippen LogP contribution in [0.2, 0.25) is 0 Å². The molecule has 0 saturated heterocycles. The van der Waals surface area contributed by atoms with E-state index in [-0.39, 0.29) is 11.8 Å². The fourth-order valence-electron chi connectivity index (χ4n) is 2.59. The fourth-order valence-corrected chi connectivity index (χ4v) is 2.59. The van der Waals surface area contributed by atoms with E-state index in [9.17, 15) is 4.79 Å². The standard InChI is InChI=1S/C20H19N3O/c24-20(23-15-16-9-12-21-13-10-16)19(17-6-2-1-3-7-17)14-18-8-4-5-11-22-18/h1-13,19H,14-15H2,(H,23,24). The van der Waals surface area contributed by atoms with Gasteiger partial charge in [0.2, 0.25) is 5.91 Å². The third-order valence-electron chi connectivity index (χ3n) is 3.87. The fraction of sp³-hybridized carbons (Fsp3) is 0.150. The molecule has 0 aliphatic carbocycles. The third-order valence-corrected chi connectivity index (χ3v) is 3.87. The Balaban J connectivity index is 1.75. The molecule has 1 atom stereocenters. The van der Waals surface area contributed by atoms with Gasteiger partial charge in [0.25, 0.3) is 0 Å². The van der Waals surface area contributed by atoms with Gasteiger partial charge >= 0.3 is 0 Å². The molecule has 24 heavy (non-hydrogen) atoms. The van der Waals surface area contributed by atoms with Crippen LogP contribution in [-0.4, -0.2) is 15.9 Å². The molecule has 0 bridgehead atoms. The monoisotopic (exact) mass is 317 g/mol. The van der Waals surface area contributed by atoms with Crippen LogP contribution >= 0.6 is 0 Å². The van der Waals surface area contributed by atoms with Crippen molar-refractivity contribution in [3.05, 3.63) is 96.1 Å². The smallest absolute Gasteiger partial charge is 0.228 e. The van der Waals surface area contributed by atoms with Crippen molar-refractivity contribution in [2.45, 2.75) is 18.9 Å². The molecule has 1 unspecified atom stereocenters. The van der Waals surface area contributed by atoms with Crippen molar-refractivity contribution in [3.63, 3.8) is 0 Å². The van der Waals surface area contributed by atoms with Crippen LogP contribution in [0.3, 0.4) is 0 Å². The molecular weight excluding hydrogens is 298 g/mol. The molecule has 120 valence electrons. The second kappa shape index (κ2) is 8.02. The first kappa shape index (κ1) is 15.9. The molecule has 2 aromatic heterocycles. The number of nitrogens with one attached hydrogen (secondary N) is 1. The Kier molecular flexibility index (Phi) is 5.30. The SMILES string of the molecule is O=C(NCc1ccncc1)C(Cc1ccccn1)c1ccccc1. The molecule has 0 spiro atoms. The van der Waals surface area contributed by atoms with Crippen LogP contribution in [0.15, 0.2) is 79.3 Å². The van der Waals surface area contributed by atoms with E-state index in [2.05, 4.69) is 15.3 Å². The summed E-state index contributed by atoms with van der Waals surface area (Å²) in [5.74, 6) is -0.258. The summed E-state index contributed by atoms with van der Waals surface area (Å²) in [6.45, 7) is 0.493. The first-order valence-electron chi connectivity index (χ1n) is 7.94. The predicted octanol–water partition coefficient (Wildman–Crippen LogP) is 3.12. The Labute approximate surface area is 141 Å². The van der Waals surface area contributed by atoms with Crippen molar-refractivity contribution >= 4 is 5.91 Å². The van der Waals surface area contributed by atoms with E-state index in [4.69, 9.17) is 0 Å². The van der Waals surface area contributed by atoms with E-state index < -0.39 is 0 Å². The zero-order valence-electron chi connectivity index (χ0n) is 13.3. The Morgan fingerprint density at radius 3 is 2.38 bits per heavy atom. The van der Waals surface area contributed by atoms with Gasteiger partial charge in [-0.1, -0.05) is 36.4 Å². The van der Waals surface area contributed by atoms with Crippen LogP contribution in [-0.2, 0) is 17.8 Å². The van der Waals surface area contributed by atoms with Crippen LogP contribution in [0.5, 0.6) is 0 Å². The molecule has 3 aromatic rings. The summed E-state index contributed by atoms with van der Waals surface area (Å²) in [6.07, 6.45) is 5.79. The van der Waals surface area contributed by atoms with E-state index in [0.717, 1.165) is 16.8 Å². The number of carbonyl (C=O) groups is 1. The van der Waals surface area contributed by atoms with Gasteiger partial charge < -0.3 is 5.32 Å². The molecule has 0 radical (unpaired) electrons. The van der Waals surface area contributed by atoms with Gasteiger partial charge in [-0.2, -0.15) is 0 Å². The number of hydrogen-bond donors (Lipinski definition) is 1. The van der Waals surface area contributed by atoms with Crippen molar-refractivity contribution in [2.24, 2.45) is 0 Å². The van der Waals surface area contributed by atoms with E-state index >= 15 is 0 Å². The number of hydrogen-bond acceptors (Lipinski definition) is 3. The molecule has 0 aliphatic rings. The molecule has 3 rings (SSSR count). The highest BCUT2D eigenvalue weighted by Gasteiger charge is 2.21. The maximum absolute atomic E-state index is 12.8. The average Bonchev–Trinajstić information content (AvgIpc) is 2.66. The van der Waals surface area contributed by atoms with Crippen molar-refractivity contribution in [1.82, 2.24) is 15.3 Å². The van der Waals surface area contributed by atoms with Crippen molar-refractivity contribution in [2.75, 3.05) is 0 Å². The lowest BCUT2D eigenvalue weighted by atomic mass is 9.93. The number of carbonyl (C=O) groups excluding carboxylic acids is 1. The van der Waals surface area contributed by atoms with Gasteiger partial charge in [-0.15, -0.1) is 0 Å². The molecule has 0 aliphatic heterocycles. The molecular formula is C20H19N3O. The summed E-state index contributed by atoms with van der Waals surface area (Å²) in [7, 11) is 0. The lowest BCUT2D eigenvalue weighted by molar-refractivity contribution is -0.122. The molecule has 1 N–H and O–H groups in total. The van der Waals surface area contributed by atoms with Crippen LogP contribution in [0, 0.1) is 0 Å². The maximum atomic E-state index is 12.8. The van der Waals surface area contributed by atoms with Gasteiger partial charge in [0, 0.05) is 37.3 Å². The van der Waals surface area contributed by atoms with Crippen molar-refractivity contribution in [1.29, 1.82) is 0 Å². The molecule has 4 heteroatoms. The Hall–Kier alpha value is -3.01. The van der Waals surface area contributed by atoms with Crippen LogP contribution in [0.4, 0.5) is 0 Å². The second-order valence-corrected chi connectivity index (χ2v) is 5.56. The number of rotatable bonds is 6. The van der Waals surface area contributed by atoms with Gasteiger partial charge in [-0.25, -0.2) is 0 Å². The number of amides is 1. The predicted molar refractivity (Wildman–Crippen MR) is 93.2 cm³/mol. The highest BCUT2D eigenvalue weighted by Crippen LogP contribution is 2.20. The van der Waals surface area contributed by atoms with Gasteiger partial charge in [-0.3, -0.25) is 14.8 Å². The lowest BCUT2D eigenvalue weighted by Gasteiger charge is -2.17. The third kappa shape index (κ3) is 4.26. The largest absolute Gasteiger partial charge is 0.351 e. The summed E-state index contributed by atoms with van der Waals surface area (Å²) >= 11 is 0. The quantitative estimate of drug-likeness (QED) is 0.760. The molecule has 1 amide bonds. The highest BCUT2D eigenvalue weighted by atomic mass is 16.1. The zero-order chi connectivity index (χ0) is 16.6. The zero-order valence-corrected chi connectivity index (χ0v) is 13.3. The summed E-state index contributed by atoms with van der Waals surface area (Å²) in [5, 5.41) is 3.02. The van der Waals surface area contributed by atoms with Crippen molar-refractivity contribution in [3.8, 4) is 0 Å². The highest BCUT2D eigenvalue weighted by molar-refractivity contribution is 5.83. The number of benzene rings is 1. The Morgan fingerprint density at radius 2 is 1.67 bits per heavy atom. The summed E-state index contributed by atoms with van der Waals surface area (Å²) in [6, 6.07) is 19.4. The minimum Gasteiger partial charge on any atom is -0.351 e.